The van der Waals surface area contributed by atoms with Crippen molar-refractivity contribution in [1.82, 2.24) is 4.31 Å². The van der Waals surface area contributed by atoms with E-state index >= 15 is 0 Å². The molecule has 0 aliphatic heterocycles. The van der Waals surface area contributed by atoms with E-state index < -0.39 is 10.0 Å². The Morgan fingerprint density at radius 2 is 1.50 bits per heavy atom. The molecule has 1 amide bonds. The summed E-state index contributed by atoms with van der Waals surface area (Å²) >= 11 is 0. The molecule has 0 unspecified atom stereocenters. The number of nitrogens with zero attached hydrogens (tertiary/aromatic N) is 1. The first-order valence-corrected chi connectivity index (χ1v) is 10.3. The third-order valence-electron chi connectivity index (χ3n) is 4.38. The highest BCUT2D eigenvalue weighted by Gasteiger charge is 2.20. The van der Waals surface area contributed by atoms with Gasteiger partial charge in [0.05, 0.1) is 4.90 Å². The SMILES string of the molecule is Cc1ccc(NC(=O)c2ccc(CN(C)S(=O)(=O)c3ccccc3)cc2)cc1. The van der Waals surface area contributed by atoms with Crippen LogP contribution in [0.25, 0.3) is 0 Å². The molecule has 0 spiro atoms. The Morgan fingerprint density at radius 3 is 2.11 bits per heavy atom. The average Bonchev–Trinajstić information content (AvgIpc) is 2.71. The molecule has 0 fully saturated rings. The minimum absolute atomic E-state index is 0.208. The zero-order valence-electron chi connectivity index (χ0n) is 15.8. The van der Waals surface area contributed by atoms with Crippen LogP contribution in [0, 0.1) is 6.92 Å². The number of carbonyl (C=O) groups is 1. The Labute approximate surface area is 165 Å². The fourth-order valence-corrected chi connectivity index (χ4v) is 3.90. The first-order chi connectivity index (χ1) is 13.4. The summed E-state index contributed by atoms with van der Waals surface area (Å²) in [5, 5.41) is 2.85. The number of aryl methyl sites for hydroxylation is 1. The highest BCUT2D eigenvalue weighted by atomic mass is 32.2. The topological polar surface area (TPSA) is 66.5 Å². The summed E-state index contributed by atoms with van der Waals surface area (Å²) in [6.07, 6.45) is 0. The van der Waals surface area contributed by atoms with Gasteiger partial charge in [0.15, 0.2) is 0 Å². The standard InChI is InChI=1S/C22H22N2O3S/c1-17-8-14-20(15-9-17)23-22(25)19-12-10-18(11-13-19)16-24(2)28(26,27)21-6-4-3-5-7-21/h3-15H,16H2,1-2H3,(H,23,25). The Balaban J connectivity index is 1.67. The maximum Gasteiger partial charge on any atom is 0.255 e. The molecule has 0 bridgehead atoms. The van der Waals surface area contributed by atoms with Crippen molar-refractivity contribution in [3.8, 4) is 0 Å². The molecular formula is C22H22N2O3S. The van der Waals surface area contributed by atoms with Gasteiger partial charge in [-0.15, -0.1) is 0 Å². The van der Waals surface area contributed by atoms with E-state index in [9.17, 15) is 13.2 Å². The maximum atomic E-state index is 12.6. The second-order valence-corrected chi connectivity index (χ2v) is 8.64. The van der Waals surface area contributed by atoms with Gasteiger partial charge in [-0.2, -0.15) is 4.31 Å². The fourth-order valence-electron chi connectivity index (χ4n) is 2.72. The zero-order chi connectivity index (χ0) is 20.1. The molecule has 0 aliphatic rings. The molecule has 6 heteroatoms. The Morgan fingerprint density at radius 1 is 0.893 bits per heavy atom. The molecule has 3 aromatic carbocycles. The zero-order valence-corrected chi connectivity index (χ0v) is 16.6. The van der Waals surface area contributed by atoms with Crippen molar-refractivity contribution in [2.45, 2.75) is 18.4 Å². The molecule has 28 heavy (non-hydrogen) atoms. The van der Waals surface area contributed by atoms with E-state index in [1.165, 1.54) is 4.31 Å². The summed E-state index contributed by atoms with van der Waals surface area (Å²) in [4.78, 5) is 12.6. The van der Waals surface area contributed by atoms with E-state index in [2.05, 4.69) is 5.32 Å². The lowest BCUT2D eigenvalue weighted by Gasteiger charge is -2.17. The monoisotopic (exact) mass is 394 g/mol. The third kappa shape index (κ3) is 4.65. The van der Waals surface area contributed by atoms with Crippen LogP contribution >= 0.6 is 0 Å². The second-order valence-electron chi connectivity index (χ2n) is 6.59. The summed E-state index contributed by atoms with van der Waals surface area (Å²) in [6, 6.07) is 22.8. The van der Waals surface area contributed by atoms with Crippen LogP contribution in [0.3, 0.4) is 0 Å². The fraction of sp³-hybridized carbons (Fsp3) is 0.136. The Hall–Kier alpha value is -2.96. The summed E-state index contributed by atoms with van der Waals surface area (Å²) < 4.78 is 26.5. The molecule has 0 aliphatic carbocycles. The van der Waals surface area contributed by atoms with Crippen molar-refractivity contribution in [3.63, 3.8) is 0 Å². The average molecular weight is 394 g/mol. The van der Waals surface area contributed by atoms with Gasteiger partial charge in [0.1, 0.15) is 0 Å². The van der Waals surface area contributed by atoms with Gasteiger partial charge in [0, 0.05) is 24.8 Å². The van der Waals surface area contributed by atoms with E-state index in [-0.39, 0.29) is 17.3 Å². The van der Waals surface area contributed by atoms with Crippen LogP contribution < -0.4 is 5.32 Å². The predicted octanol–water partition coefficient (Wildman–Crippen LogP) is 4.07. The van der Waals surface area contributed by atoms with Gasteiger partial charge in [-0.25, -0.2) is 8.42 Å². The van der Waals surface area contributed by atoms with Crippen molar-refractivity contribution in [2.24, 2.45) is 0 Å². The van der Waals surface area contributed by atoms with Crippen molar-refractivity contribution in [1.29, 1.82) is 0 Å². The number of nitrogens with one attached hydrogen (secondary N) is 1. The number of hydrogen-bond acceptors (Lipinski definition) is 3. The highest BCUT2D eigenvalue weighted by Crippen LogP contribution is 2.17. The lowest BCUT2D eigenvalue weighted by molar-refractivity contribution is 0.102. The quantitative estimate of drug-likeness (QED) is 0.685. The molecule has 0 aromatic heterocycles. The van der Waals surface area contributed by atoms with Gasteiger partial charge in [-0.1, -0.05) is 48.0 Å². The molecule has 0 saturated carbocycles. The van der Waals surface area contributed by atoms with Gasteiger partial charge in [-0.05, 0) is 48.9 Å². The number of amides is 1. The van der Waals surface area contributed by atoms with Crippen LogP contribution in [0.15, 0.2) is 83.8 Å². The molecular weight excluding hydrogens is 372 g/mol. The normalized spacial score (nSPS) is 11.4. The van der Waals surface area contributed by atoms with Crippen LogP contribution in [-0.4, -0.2) is 25.7 Å². The van der Waals surface area contributed by atoms with Gasteiger partial charge in [0.2, 0.25) is 10.0 Å². The summed E-state index contributed by atoms with van der Waals surface area (Å²) in [5.41, 5.74) is 3.16. The highest BCUT2D eigenvalue weighted by molar-refractivity contribution is 7.89. The molecule has 0 saturated heterocycles. The first kappa shape index (κ1) is 19.8. The number of carbonyl (C=O) groups excluding carboxylic acids is 1. The van der Waals surface area contributed by atoms with E-state index in [0.717, 1.165) is 16.8 Å². The van der Waals surface area contributed by atoms with Crippen LogP contribution in [-0.2, 0) is 16.6 Å². The maximum absolute atomic E-state index is 12.6. The second kappa shape index (κ2) is 8.37. The number of rotatable bonds is 6. The summed E-state index contributed by atoms with van der Waals surface area (Å²) in [5.74, 6) is -0.208. The molecule has 0 atom stereocenters. The summed E-state index contributed by atoms with van der Waals surface area (Å²) in [7, 11) is -2.01. The van der Waals surface area contributed by atoms with E-state index in [1.807, 2.05) is 31.2 Å². The van der Waals surface area contributed by atoms with Crippen molar-refractivity contribution in [3.05, 3.63) is 95.6 Å². The molecule has 144 valence electrons. The van der Waals surface area contributed by atoms with Crippen molar-refractivity contribution >= 4 is 21.6 Å². The molecule has 5 nitrogen and oxygen atoms in total. The van der Waals surface area contributed by atoms with E-state index in [4.69, 9.17) is 0 Å². The van der Waals surface area contributed by atoms with Crippen LogP contribution in [0.5, 0.6) is 0 Å². The minimum Gasteiger partial charge on any atom is -0.322 e. The number of hydrogen-bond donors (Lipinski definition) is 1. The van der Waals surface area contributed by atoms with E-state index in [0.29, 0.717) is 5.56 Å². The Bertz CT molecular complexity index is 1050. The van der Waals surface area contributed by atoms with Crippen LogP contribution in [0.4, 0.5) is 5.69 Å². The van der Waals surface area contributed by atoms with Gasteiger partial charge < -0.3 is 5.32 Å². The molecule has 3 aromatic rings. The third-order valence-corrected chi connectivity index (χ3v) is 6.20. The van der Waals surface area contributed by atoms with Gasteiger partial charge in [0.25, 0.3) is 5.91 Å². The lowest BCUT2D eigenvalue weighted by Crippen LogP contribution is -2.26. The van der Waals surface area contributed by atoms with Crippen LogP contribution in [0.2, 0.25) is 0 Å². The molecule has 0 heterocycles. The van der Waals surface area contributed by atoms with Crippen molar-refractivity contribution in [2.75, 3.05) is 12.4 Å². The van der Waals surface area contributed by atoms with Gasteiger partial charge in [-0.3, -0.25) is 4.79 Å². The smallest absolute Gasteiger partial charge is 0.255 e. The Kier molecular flexibility index (Phi) is 5.92. The predicted molar refractivity (Wildman–Crippen MR) is 111 cm³/mol. The number of sulfonamides is 1. The molecule has 1 N–H and O–H groups in total. The van der Waals surface area contributed by atoms with Crippen LogP contribution in [0.1, 0.15) is 21.5 Å². The summed E-state index contributed by atoms with van der Waals surface area (Å²) in [6.45, 7) is 2.20. The largest absolute Gasteiger partial charge is 0.322 e. The lowest BCUT2D eigenvalue weighted by atomic mass is 10.1. The number of benzene rings is 3. The molecule has 0 radical (unpaired) electrons. The van der Waals surface area contributed by atoms with Crippen molar-refractivity contribution < 1.29 is 13.2 Å². The first-order valence-electron chi connectivity index (χ1n) is 8.84. The van der Waals surface area contributed by atoms with Gasteiger partial charge >= 0.3 is 0 Å². The molecule has 3 rings (SSSR count). The number of anilines is 1. The minimum atomic E-state index is -3.55. The van der Waals surface area contributed by atoms with E-state index in [1.54, 1.807) is 61.6 Å².